The molecular weight excluding hydrogens is 428 g/mol. The SMILES string of the molecule is CC[C@H](C)[C@H](N)C(=O)OC(C=O)C(CC(=O)OCc1ccccc1)OC(=O)[C@@H](N)[C@@H](C)CC. The normalized spacial score (nSPS) is 16.4. The van der Waals surface area contributed by atoms with Crippen LogP contribution < -0.4 is 11.5 Å². The molecule has 4 N–H and O–H groups in total. The minimum absolute atomic E-state index is 0.00282. The topological polar surface area (TPSA) is 148 Å². The summed E-state index contributed by atoms with van der Waals surface area (Å²) in [6, 6.07) is 7.04. The van der Waals surface area contributed by atoms with Crippen LogP contribution in [-0.2, 0) is 40.0 Å². The van der Waals surface area contributed by atoms with Crippen molar-refractivity contribution in [2.24, 2.45) is 23.3 Å². The van der Waals surface area contributed by atoms with Gasteiger partial charge in [-0.05, 0) is 17.4 Å². The maximum absolute atomic E-state index is 12.5. The first-order chi connectivity index (χ1) is 15.6. The molecule has 1 rings (SSSR count). The first kappa shape index (κ1) is 28.3. The van der Waals surface area contributed by atoms with E-state index in [2.05, 4.69) is 0 Å². The van der Waals surface area contributed by atoms with Crippen LogP contribution >= 0.6 is 0 Å². The van der Waals surface area contributed by atoms with E-state index in [0.717, 1.165) is 5.56 Å². The average Bonchev–Trinajstić information content (AvgIpc) is 2.83. The molecular formula is C24H36N2O7. The number of esters is 3. The number of rotatable bonds is 14. The van der Waals surface area contributed by atoms with Gasteiger partial charge in [-0.1, -0.05) is 70.9 Å². The van der Waals surface area contributed by atoms with Gasteiger partial charge in [-0.25, -0.2) is 0 Å². The van der Waals surface area contributed by atoms with E-state index in [4.69, 9.17) is 25.7 Å². The summed E-state index contributed by atoms with van der Waals surface area (Å²) in [4.78, 5) is 49.1. The second kappa shape index (κ2) is 14.4. The standard InChI is InChI=1S/C24H36N2O7/c1-5-15(3)21(25)23(29)32-18(12-20(28)31-14-17-10-8-7-9-11-17)19(13-27)33-24(30)22(26)16(4)6-2/h7-11,13,15-16,18-19,21-22H,5-6,12,14,25-26H2,1-4H3/t15-,16-,18?,19?,21-,22-/m0/s1. The van der Waals surface area contributed by atoms with E-state index >= 15 is 0 Å². The minimum Gasteiger partial charge on any atom is -0.461 e. The Bertz CT molecular complexity index is 771. The average molecular weight is 465 g/mol. The molecule has 9 heteroatoms. The molecule has 1 aromatic carbocycles. The smallest absolute Gasteiger partial charge is 0.324 e. The molecule has 0 amide bonds. The molecule has 1 aromatic rings. The molecule has 0 aromatic heterocycles. The van der Waals surface area contributed by atoms with Crippen LogP contribution in [0.2, 0.25) is 0 Å². The fourth-order valence-electron chi connectivity index (χ4n) is 2.79. The Kier molecular flexibility index (Phi) is 12.3. The Morgan fingerprint density at radius 1 is 0.909 bits per heavy atom. The highest BCUT2D eigenvalue weighted by molar-refractivity contribution is 5.80. The van der Waals surface area contributed by atoms with Gasteiger partial charge < -0.3 is 25.7 Å². The number of aldehydes is 1. The van der Waals surface area contributed by atoms with Crippen molar-refractivity contribution < 1.29 is 33.4 Å². The first-order valence-electron chi connectivity index (χ1n) is 11.2. The predicted octanol–water partition coefficient (Wildman–Crippen LogP) is 1.89. The largest absolute Gasteiger partial charge is 0.461 e. The number of ether oxygens (including phenoxy) is 3. The fraction of sp³-hybridized carbons (Fsp3) is 0.583. The van der Waals surface area contributed by atoms with Gasteiger partial charge >= 0.3 is 17.9 Å². The quantitative estimate of drug-likeness (QED) is 0.239. The van der Waals surface area contributed by atoms with E-state index in [-0.39, 0.29) is 18.4 Å². The van der Waals surface area contributed by atoms with Crippen molar-refractivity contribution in [2.75, 3.05) is 0 Å². The van der Waals surface area contributed by atoms with E-state index < -0.39 is 48.6 Å². The van der Waals surface area contributed by atoms with Crippen LogP contribution in [0.5, 0.6) is 0 Å². The fourth-order valence-corrected chi connectivity index (χ4v) is 2.79. The van der Waals surface area contributed by atoms with Gasteiger partial charge in [-0.3, -0.25) is 19.2 Å². The molecule has 0 saturated carbocycles. The summed E-state index contributed by atoms with van der Waals surface area (Å²) < 4.78 is 15.8. The van der Waals surface area contributed by atoms with Crippen molar-refractivity contribution >= 4 is 24.2 Å². The molecule has 0 aliphatic heterocycles. The predicted molar refractivity (Wildman–Crippen MR) is 122 cm³/mol. The van der Waals surface area contributed by atoms with Crippen molar-refractivity contribution in [3.05, 3.63) is 35.9 Å². The summed E-state index contributed by atoms with van der Waals surface area (Å²) in [7, 11) is 0. The highest BCUT2D eigenvalue weighted by Gasteiger charge is 2.35. The van der Waals surface area contributed by atoms with Crippen LogP contribution in [0.15, 0.2) is 30.3 Å². The van der Waals surface area contributed by atoms with Gasteiger partial charge in [-0.15, -0.1) is 0 Å². The number of benzene rings is 1. The van der Waals surface area contributed by atoms with Crippen LogP contribution in [0.25, 0.3) is 0 Å². The van der Waals surface area contributed by atoms with Crippen molar-refractivity contribution in [2.45, 2.75) is 77.9 Å². The van der Waals surface area contributed by atoms with Crippen molar-refractivity contribution in [1.82, 2.24) is 0 Å². The summed E-state index contributed by atoms with van der Waals surface area (Å²) >= 11 is 0. The monoisotopic (exact) mass is 464 g/mol. The third-order valence-electron chi connectivity index (χ3n) is 5.69. The van der Waals surface area contributed by atoms with Gasteiger partial charge in [0.1, 0.15) is 18.7 Å². The summed E-state index contributed by atoms with van der Waals surface area (Å²) in [5.74, 6) is -2.76. The Balaban J connectivity index is 2.95. The lowest BCUT2D eigenvalue weighted by atomic mass is 10.00. The zero-order valence-corrected chi connectivity index (χ0v) is 19.8. The van der Waals surface area contributed by atoms with Gasteiger partial charge in [0.05, 0.1) is 6.42 Å². The zero-order chi connectivity index (χ0) is 25.0. The summed E-state index contributed by atoms with van der Waals surface area (Å²) in [6.45, 7) is 7.27. The second-order valence-electron chi connectivity index (χ2n) is 8.19. The molecule has 2 unspecified atom stereocenters. The highest BCUT2D eigenvalue weighted by Crippen LogP contribution is 2.16. The number of carbonyl (C=O) groups is 4. The zero-order valence-electron chi connectivity index (χ0n) is 19.8. The molecule has 0 saturated heterocycles. The number of hydrogen-bond donors (Lipinski definition) is 2. The first-order valence-corrected chi connectivity index (χ1v) is 11.2. The lowest BCUT2D eigenvalue weighted by molar-refractivity contribution is -0.175. The molecule has 0 aliphatic rings. The van der Waals surface area contributed by atoms with Gasteiger partial charge in [0.25, 0.3) is 0 Å². The van der Waals surface area contributed by atoms with Crippen LogP contribution in [0.3, 0.4) is 0 Å². The van der Waals surface area contributed by atoms with E-state index in [1.54, 1.807) is 38.1 Å². The summed E-state index contributed by atoms with van der Waals surface area (Å²) in [6.07, 6.45) is -1.89. The van der Waals surface area contributed by atoms with Gasteiger partial charge in [0.2, 0.25) is 0 Å². The van der Waals surface area contributed by atoms with E-state index in [9.17, 15) is 19.2 Å². The molecule has 6 atom stereocenters. The molecule has 184 valence electrons. The molecule has 0 aliphatic carbocycles. The number of carbonyl (C=O) groups excluding carboxylic acids is 4. The Labute approximate surface area is 195 Å². The van der Waals surface area contributed by atoms with Crippen molar-refractivity contribution in [3.63, 3.8) is 0 Å². The summed E-state index contributed by atoms with van der Waals surface area (Å²) in [5.41, 5.74) is 12.6. The molecule has 0 heterocycles. The molecule has 0 bridgehead atoms. The van der Waals surface area contributed by atoms with E-state index in [1.807, 2.05) is 19.9 Å². The maximum Gasteiger partial charge on any atom is 0.324 e. The van der Waals surface area contributed by atoms with Crippen molar-refractivity contribution in [3.8, 4) is 0 Å². The van der Waals surface area contributed by atoms with Gasteiger partial charge in [0.15, 0.2) is 18.5 Å². The maximum atomic E-state index is 12.5. The molecule has 0 fully saturated rings. The number of nitrogens with two attached hydrogens (primary N) is 2. The molecule has 9 nitrogen and oxygen atoms in total. The Morgan fingerprint density at radius 2 is 1.42 bits per heavy atom. The molecule has 0 spiro atoms. The third kappa shape index (κ3) is 9.31. The van der Waals surface area contributed by atoms with Crippen LogP contribution in [0.1, 0.15) is 52.5 Å². The molecule has 0 radical (unpaired) electrons. The minimum atomic E-state index is -1.54. The van der Waals surface area contributed by atoms with Gasteiger partial charge in [0, 0.05) is 0 Å². The Morgan fingerprint density at radius 3 is 1.91 bits per heavy atom. The van der Waals surface area contributed by atoms with Gasteiger partial charge in [-0.2, -0.15) is 0 Å². The number of hydrogen-bond acceptors (Lipinski definition) is 9. The second-order valence-corrected chi connectivity index (χ2v) is 8.19. The third-order valence-corrected chi connectivity index (χ3v) is 5.69. The lowest BCUT2D eigenvalue weighted by Crippen LogP contribution is -2.47. The molecule has 33 heavy (non-hydrogen) atoms. The van der Waals surface area contributed by atoms with Crippen LogP contribution in [0.4, 0.5) is 0 Å². The Hall–Kier alpha value is -2.78. The lowest BCUT2D eigenvalue weighted by Gasteiger charge is -2.27. The highest BCUT2D eigenvalue weighted by atomic mass is 16.6. The van der Waals surface area contributed by atoms with E-state index in [0.29, 0.717) is 19.1 Å². The van der Waals surface area contributed by atoms with Crippen LogP contribution in [-0.4, -0.2) is 48.5 Å². The summed E-state index contributed by atoms with van der Waals surface area (Å²) in [5, 5.41) is 0. The van der Waals surface area contributed by atoms with Crippen molar-refractivity contribution in [1.29, 1.82) is 0 Å². The van der Waals surface area contributed by atoms with Crippen LogP contribution in [0, 0.1) is 11.8 Å². The van der Waals surface area contributed by atoms with E-state index in [1.165, 1.54) is 0 Å².